The Morgan fingerprint density at radius 2 is 1.95 bits per heavy atom. The molecule has 0 bridgehead atoms. The van der Waals surface area contributed by atoms with E-state index in [2.05, 4.69) is 15.9 Å². The zero-order valence-corrected chi connectivity index (χ0v) is 13.6. The first-order valence-corrected chi connectivity index (χ1v) is 8.61. The van der Waals surface area contributed by atoms with Crippen molar-refractivity contribution >= 4 is 43.5 Å². The van der Waals surface area contributed by atoms with E-state index < -0.39 is 21.9 Å². The lowest BCUT2D eigenvalue weighted by molar-refractivity contribution is -0.142. The van der Waals surface area contributed by atoms with Crippen molar-refractivity contribution in [1.29, 1.82) is 0 Å². The average molecular weight is 383 g/mol. The largest absolute Gasteiger partial charge is 0.481 e. The van der Waals surface area contributed by atoms with Crippen LogP contribution in [0.15, 0.2) is 27.6 Å². The van der Waals surface area contributed by atoms with Crippen molar-refractivity contribution in [1.82, 2.24) is 4.31 Å². The van der Waals surface area contributed by atoms with Crippen LogP contribution in [0.25, 0.3) is 0 Å². The van der Waals surface area contributed by atoms with Crippen LogP contribution < -0.4 is 0 Å². The van der Waals surface area contributed by atoms with E-state index >= 15 is 0 Å². The van der Waals surface area contributed by atoms with Gasteiger partial charge in [0, 0.05) is 22.6 Å². The Morgan fingerprint density at radius 1 is 1.35 bits per heavy atom. The second-order valence-electron chi connectivity index (χ2n) is 4.59. The second kappa shape index (κ2) is 6.01. The van der Waals surface area contributed by atoms with E-state index in [1.807, 2.05) is 0 Å². The molecule has 20 heavy (non-hydrogen) atoms. The van der Waals surface area contributed by atoms with Gasteiger partial charge in [0.2, 0.25) is 10.0 Å². The number of carbonyl (C=O) groups is 1. The lowest BCUT2D eigenvalue weighted by Crippen LogP contribution is -2.40. The SMILES string of the molecule is O=C(O)C1CCN(S(=O)(=O)c2cc(Cl)ccc2Br)CC1. The van der Waals surface area contributed by atoms with Gasteiger partial charge in [-0.15, -0.1) is 0 Å². The number of rotatable bonds is 3. The third-order valence-corrected chi connectivity index (χ3v) is 6.44. The molecule has 0 aliphatic carbocycles. The molecule has 0 unspecified atom stereocenters. The molecular weight excluding hydrogens is 370 g/mol. The molecule has 5 nitrogen and oxygen atoms in total. The van der Waals surface area contributed by atoms with Crippen molar-refractivity contribution in [3.8, 4) is 0 Å². The molecular formula is C12H13BrClNO4S. The Kier molecular flexibility index (Phi) is 4.73. The Hall–Kier alpha value is -0.630. The molecule has 1 heterocycles. The van der Waals surface area contributed by atoms with Crippen molar-refractivity contribution in [2.45, 2.75) is 17.7 Å². The van der Waals surface area contributed by atoms with Crippen molar-refractivity contribution < 1.29 is 18.3 Å². The molecule has 0 aromatic heterocycles. The summed E-state index contributed by atoms with van der Waals surface area (Å²) in [4.78, 5) is 11.0. The van der Waals surface area contributed by atoms with Crippen LogP contribution in [0.3, 0.4) is 0 Å². The van der Waals surface area contributed by atoms with Gasteiger partial charge >= 0.3 is 5.97 Å². The highest BCUT2D eigenvalue weighted by Crippen LogP contribution is 2.30. The average Bonchev–Trinajstić information content (AvgIpc) is 2.41. The van der Waals surface area contributed by atoms with Crippen LogP contribution in [-0.4, -0.2) is 36.9 Å². The topological polar surface area (TPSA) is 74.7 Å². The highest BCUT2D eigenvalue weighted by atomic mass is 79.9. The smallest absolute Gasteiger partial charge is 0.306 e. The number of sulfonamides is 1. The third kappa shape index (κ3) is 3.16. The first kappa shape index (κ1) is 15.8. The van der Waals surface area contributed by atoms with Gasteiger partial charge in [0.1, 0.15) is 0 Å². The molecule has 2 rings (SSSR count). The maximum atomic E-state index is 12.5. The Bertz CT molecular complexity index is 626. The van der Waals surface area contributed by atoms with E-state index in [0.717, 1.165) is 0 Å². The van der Waals surface area contributed by atoms with Gasteiger partial charge in [-0.25, -0.2) is 8.42 Å². The fourth-order valence-electron chi connectivity index (χ4n) is 2.16. The van der Waals surface area contributed by atoms with Gasteiger partial charge in [-0.2, -0.15) is 4.31 Å². The maximum absolute atomic E-state index is 12.5. The third-order valence-electron chi connectivity index (χ3n) is 3.31. The van der Waals surface area contributed by atoms with E-state index in [-0.39, 0.29) is 18.0 Å². The summed E-state index contributed by atoms with van der Waals surface area (Å²) >= 11 is 9.05. The van der Waals surface area contributed by atoms with E-state index in [1.165, 1.54) is 10.4 Å². The Labute approximate surface area is 130 Å². The Balaban J connectivity index is 2.24. The molecule has 0 amide bonds. The summed E-state index contributed by atoms with van der Waals surface area (Å²) in [5.41, 5.74) is 0. The molecule has 0 spiro atoms. The van der Waals surface area contributed by atoms with Crippen LogP contribution in [0, 0.1) is 5.92 Å². The first-order valence-electron chi connectivity index (χ1n) is 6.00. The van der Waals surface area contributed by atoms with Crippen molar-refractivity contribution in [2.24, 2.45) is 5.92 Å². The summed E-state index contributed by atoms with van der Waals surface area (Å²) in [6.07, 6.45) is 0.652. The normalized spacial score (nSPS) is 18.1. The molecule has 0 atom stereocenters. The van der Waals surface area contributed by atoms with Gasteiger partial charge in [0.25, 0.3) is 0 Å². The zero-order valence-electron chi connectivity index (χ0n) is 10.4. The van der Waals surface area contributed by atoms with Crippen LogP contribution in [0.5, 0.6) is 0 Å². The molecule has 1 aliphatic heterocycles. The number of carboxylic acid groups (broad SMARTS) is 1. The second-order valence-corrected chi connectivity index (χ2v) is 7.79. The molecule has 1 fully saturated rings. The highest BCUT2D eigenvalue weighted by molar-refractivity contribution is 9.10. The van der Waals surface area contributed by atoms with E-state index in [0.29, 0.717) is 22.3 Å². The predicted octanol–water partition coefficient (Wildman–Crippen LogP) is 2.59. The van der Waals surface area contributed by atoms with E-state index in [1.54, 1.807) is 12.1 Å². The molecule has 1 N–H and O–H groups in total. The minimum Gasteiger partial charge on any atom is -0.481 e. The van der Waals surface area contributed by atoms with Gasteiger partial charge in [0.05, 0.1) is 10.8 Å². The fraction of sp³-hybridized carbons (Fsp3) is 0.417. The van der Waals surface area contributed by atoms with Crippen molar-refractivity contribution in [2.75, 3.05) is 13.1 Å². The van der Waals surface area contributed by atoms with Gasteiger partial charge in [0.15, 0.2) is 0 Å². The number of benzene rings is 1. The summed E-state index contributed by atoms with van der Waals surface area (Å²) in [7, 11) is -3.66. The van der Waals surface area contributed by atoms with Crippen LogP contribution >= 0.6 is 27.5 Å². The lowest BCUT2D eigenvalue weighted by Gasteiger charge is -2.29. The predicted molar refractivity (Wildman–Crippen MR) is 78.3 cm³/mol. The van der Waals surface area contributed by atoms with E-state index in [4.69, 9.17) is 16.7 Å². The molecule has 1 saturated heterocycles. The van der Waals surface area contributed by atoms with Gasteiger partial charge in [-0.3, -0.25) is 4.79 Å². The summed E-state index contributed by atoms with van der Waals surface area (Å²) in [6.45, 7) is 0.413. The van der Waals surface area contributed by atoms with E-state index in [9.17, 15) is 13.2 Å². The number of halogens is 2. The number of hydrogen-bond acceptors (Lipinski definition) is 3. The molecule has 0 radical (unpaired) electrons. The van der Waals surface area contributed by atoms with Crippen LogP contribution in [-0.2, 0) is 14.8 Å². The quantitative estimate of drug-likeness (QED) is 0.872. The fourth-order valence-corrected chi connectivity index (χ4v) is 4.81. The van der Waals surface area contributed by atoms with Crippen LogP contribution in [0.2, 0.25) is 5.02 Å². The lowest BCUT2D eigenvalue weighted by atomic mass is 9.99. The van der Waals surface area contributed by atoms with Crippen LogP contribution in [0.4, 0.5) is 0 Å². The molecule has 110 valence electrons. The number of carboxylic acids is 1. The van der Waals surface area contributed by atoms with Gasteiger partial charge in [-0.05, 0) is 47.0 Å². The summed E-state index contributed by atoms with van der Waals surface area (Å²) in [5, 5.41) is 9.27. The number of aliphatic carboxylic acids is 1. The van der Waals surface area contributed by atoms with Gasteiger partial charge in [-0.1, -0.05) is 11.6 Å². The minimum atomic E-state index is -3.66. The van der Waals surface area contributed by atoms with Crippen LogP contribution in [0.1, 0.15) is 12.8 Å². The standard InChI is InChI=1S/C12H13BrClNO4S/c13-10-2-1-9(14)7-11(10)20(18,19)15-5-3-8(4-6-15)12(16)17/h1-2,7-8H,3-6H2,(H,16,17). The maximum Gasteiger partial charge on any atom is 0.306 e. The molecule has 8 heteroatoms. The molecule has 0 saturated carbocycles. The summed E-state index contributed by atoms with van der Waals surface area (Å²) in [5.74, 6) is -1.34. The molecule has 1 aliphatic rings. The van der Waals surface area contributed by atoms with Crippen molar-refractivity contribution in [3.05, 3.63) is 27.7 Å². The number of nitrogens with zero attached hydrogens (tertiary/aromatic N) is 1. The summed E-state index contributed by atoms with van der Waals surface area (Å²) < 4.78 is 26.8. The number of piperidine rings is 1. The minimum absolute atomic E-state index is 0.110. The highest BCUT2D eigenvalue weighted by Gasteiger charge is 2.33. The van der Waals surface area contributed by atoms with Crippen molar-refractivity contribution in [3.63, 3.8) is 0 Å². The monoisotopic (exact) mass is 381 g/mol. The summed E-state index contributed by atoms with van der Waals surface area (Å²) in [6, 6.07) is 4.57. The molecule has 1 aromatic rings. The number of hydrogen-bond donors (Lipinski definition) is 1. The zero-order chi connectivity index (χ0) is 14.9. The first-order chi connectivity index (χ1) is 9.32. The Morgan fingerprint density at radius 3 is 2.50 bits per heavy atom. The van der Waals surface area contributed by atoms with Gasteiger partial charge < -0.3 is 5.11 Å². The molecule has 1 aromatic carbocycles.